The molecule has 1 fully saturated rings. The zero-order valence-corrected chi connectivity index (χ0v) is 12.4. The van der Waals surface area contributed by atoms with Gasteiger partial charge in [-0.2, -0.15) is 5.26 Å². The van der Waals surface area contributed by atoms with Crippen molar-refractivity contribution >= 4 is 27.8 Å². The number of ketones is 1. The molecular formula is C14H19N3OS. The summed E-state index contributed by atoms with van der Waals surface area (Å²) in [5.74, 6) is 1.13. The van der Waals surface area contributed by atoms with Crippen LogP contribution in [0, 0.1) is 23.2 Å². The number of carbonyl (C=O) groups excluding carboxylic acids is 1. The number of anilines is 2. The van der Waals surface area contributed by atoms with Crippen LogP contribution in [0.2, 0.25) is 0 Å². The third-order valence-electron chi connectivity index (χ3n) is 3.51. The van der Waals surface area contributed by atoms with E-state index in [2.05, 4.69) is 24.8 Å². The third kappa shape index (κ3) is 2.59. The zero-order valence-electron chi connectivity index (χ0n) is 11.6. The van der Waals surface area contributed by atoms with Gasteiger partial charge in [0.2, 0.25) is 0 Å². The molecule has 2 heterocycles. The van der Waals surface area contributed by atoms with Gasteiger partial charge in [0.15, 0.2) is 5.78 Å². The summed E-state index contributed by atoms with van der Waals surface area (Å²) in [6.07, 6.45) is 1.21. The molecule has 0 aromatic carbocycles. The van der Waals surface area contributed by atoms with Crippen LogP contribution in [0.1, 0.15) is 42.4 Å². The highest BCUT2D eigenvalue weighted by molar-refractivity contribution is 7.19. The summed E-state index contributed by atoms with van der Waals surface area (Å²) in [6.45, 7) is 7.79. The van der Waals surface area contributed by atoms with Crippen molar-refractivity contribution in [2.75, 3.05) is 23.7 Å². The van der Waals surface area contributed by atoms with Gasteiger partial charge >= 0.3 is 0 Å². The number of piperidine rings is 1. The quantitative estimate of drug-likeness (QED) is 0.844. The molecule has 2 N–H and O–H groups in total. The zero-order chi connectivity index (χ0) is 14.2. The van der Waals surface area contributed by atoms with Crippen molar-refractivity contribution in [2.45, 2.75) is 27.2 Å². The Labute approximate surface area is 117 Å². The largest absolute Gasteiger partial charge is 0.396 e. The number of Topliss-reactive ketones (excluding diaryl/α,β-unsaturated/α-hetero) is 1. The second kappa shape index (κ2) is 5.22. The fourth-order valence-corrected chi connectivity index (χ4v) is 3.94. The Bertz CT molecular complexity index is 534. The number of hydrogen-bond acceptors (Lipinski definition) is 5. The van der Waals surface area contributed by atoms with E-state index in [1.165, 1.54) is 24.7 Å². The molecule has 2 rings (SSSR count). The number of nitrogens with two attached hydrogens (primary N) is 1. The monoisotopic (exact) mass is 277 g/mol. The number of hydrogen-bond donors (Lipinski definition) is 1. The molecule has 1 aliphatic heterocycles. The molecule has 5 heteroatoms. The Morgan fingerprint density at radius 3 is 2.47 bits per heavy atom. The van der Waals surface area contributed by atoms with Crippen molar-refractivity contribution in [3.05, 3.63) is 10.4 Å². The lowest BCUT2D eigenvalue weighted by Gasteiger charge is -2.35. The maximum absolute atomic E-state index is 11.6. The predicted molar refractivity (Wildman–Crippen MR) is 78.6 cm³/mol. The van der Waals surface area contributed by atoms with Crippen LogP contribution in [0.5, 0.6) is 0 Å². The highest BCUT2D eigenvalue weighted by atomic mass is 32.1. The minimum absolute atomic E-state index is 0.0663. The molecule has 1 aliphatic rings. The molecule has 0 saturated carbocycles. The smallest absolute Gasteiger partial charge is 0.171 e. The lowest BCUT2D eigenvalue weighted by Crippen LogP contribution is -2.38. The van der Waals surface area contributed by atoms with E-state index in [4.69, 9.17) is 5.73 Å². The van der Waals surface area contributed by atoms with Gasteiger partial charge in [0.05, 0.1) is 10.6 Å². The summed E-state index contributed by atoms with van der Waals surface area (Å²) in [7, 11) is 0. The lowest BCUT2D eigenvalue weighted by molar-refractivity contribution is 0.102. The second-order valence-electron chi connectivity index (χ2n) is 5.54. The lowest BCUT2D eigenvalue weighted by atomic mass is 9.92. The minimum Gasteiger partial charge on any atom is -0.396 e. The first-order chi connectivity index (χ1) is 8.93. The number of nitriles is 1. The van der Waals surface area contributed by atoms with Gasteiger partial charge in [-0.1, -0.05) is 13.8 Å². The molecule has 19 heavy (non-hydrogen) atoms. The summed E-state index contributed by atoms with van der Waals surface area (Å²) >= 11 is 1.36. The molecule has 0 aliphatic carbocycles. The average molecular weight is 277 g/mol. The first-order valence-electron chi connectivity index (χ1n) is 6.52. The maximum atomic E-state index is 11.6. The van der Waals surface area contributed by atoms with Crippen molar-refractivity contribution in [2.24, 2.45) is 11.8 Å². The normalized spacial score (nSPS) is 23.2. The van der Waals surface area contributed by atoms with Gasteiger partial charge in [-0.05, 0) is 18.3 Å². The molecule has 102 valence electrons. The Morgan fingerprint density at radius 2 is 2.00 bits per heavy atom. The van der Waals surface area contributed by atoms with Crippen LogP contribution in [0.25, 0.3) is 0 Å². The summed E-state index contributed by atoms with van der Waals surface area (Å²) in [4.78, 5) is 14.3. The molecule has 2 unspecified atom stereocenters. The van der Waals surface area contributed by atoms with E-state index in [9.17, 15) is 10.1 Å². The summed E-state index contributed by atoms with van der Waals surface area (Å²) in [6, 6.07) is 2.16. The molecule has 4 nitrogen and oxygen atoms in total. The molecule has 1 aromatic rings. The molecule has 0 amide bonds. The van der Waals surface area contributed by atoms with E-state index < -0.39 is 0 Å². The average Bonchev–Trinajstić information content (AvgIpc) is 2.65. The Kier molecular flexibility index (Phi) is 3.81. The van der Waals surface area contributed by atoms with Crippen LogP contribution in [0.4, 0.5) is 10.7 Å². The highest BCUT2D eigenvalue weighted by Crippen LogP contribution is 2.40. The molecular weight excluding hydrogens is 258 g/mol. The molecule has 0 bridgehead atoms. The van der Waals surface area contributed by atoms with E-state index in [1.807, 2.05) is 0 Å². The van der Waals surface area contributed by atoms with Crippen LogP contribution in [-0.2, 0) is 0 Å². The standard InChI is InChI=1S/C14H19N3OS/c1-8-4-9(2)7-17(6-8)14-11(5-15)12(16)13(19-14)10(3)18/h8-9H,4,6-7,16H2,1-3H3. The van der Waals surface area contributed by atoms with Gasteiger partial charge < -0.3 is 10.6 Å². The second-order valence-corrected chi connectivity index (χ2v) is 6.54. The van der Waals surface area contributed by atoms with Gasteiger partial charge in [0.25, 0.3) is 0 Å². The van der Waals surface area contributed by atoms with Crippen molar-refractivity contribution in [3.8, 4) is 6.07 Å². The Morgan fingerprint density at radius 1 is 1.42 bits per heavy atom. The summed E-state index contributed by atoms with van der Waals surface area (Å²) in [5.41, 5.74) is 6.75. The molecule has 2 atom stereocenters. The van der Waals surface area contributed by atoms with Gasteiger partial charge in [0, 0.05) is 20.0 Å². The van der Waals surface area contributed by atoms with Crippen molar-refractivity contribution < 1.29 is 4.79 Å². The van der Waals surface area contributed by atoms with Crippen molar-refractivity contribution in [1.29, 1.82) is 5.26 Å². The van der Waals surface area contributed by atoms with E-state index in [1.54, 1.807) is 0 Å². The number of nitrogen functional groups attached to an aromatic ring is 1. The number of rotatable bonds is 2. The van der Waals surface area contributed by atoms with E-state index in [-0.39, 0.29) is 5.78 Å². The van der Waals surface area contributed by atoms with Gasteiger partial charge in [0.1, 0.15) is 16.6 Å². The first-order valence-corrected chi connectivity index (χ1v) is 7.33. The molecule has 0 radical (unpaired) electrons. The van der Waals surface area contributed by atoms with Crippen LogP contribution >= 0.6 is 11.3 Å². The highest BCUT2D eigenvalue weighted by Gasteiger charge is 2.28. The van der Waals surface area contributed by atoms with E-state index in [0.29, 0.717) is 28.0 Å². The van der Waals surface area contributed by atoms with Crippen LogP contribution < -0.4 is 10.6 Å². The Balaban J connectivity index is 2.42. The topological polar surface area (TPSA) is 70.1 Å². The third-order valence-corrected chi connectivity index (χ3v) is 4.88. The van der Waals surface area contributed by atoms with Crippen molar-refractivity contribution in [1.82, 2.24) is 0 Å². The molecule has 1 aromatic heterocycles. The number of carbonyl (C=O) groups is 1. The summed E-state index contributed by atoms with van der Waals surface area (Å²) < 4.78 is 0. The molecule has 1 saturated heterocycles. The fraction of sp³-hybridized carbons (Fsp3) is 0.571. The van der Waals surface area contributed by atoms with Crippen LogP contribution in [0.15, 0.2) is 0 Å². The van der Waals surface area contributed by atoms with Crippen LogP contribution in [0.3, 0.4) is 0 Å². The van der Waals surface area contributed by atoms with E-state index in [0.717, 1.165) is 18.1 Å². The van der Waals surface area contributed by atoms with Crippen molar-refractivity contribution in [3.63, 3.8) is 0 Å². The number of nitrogens with zero attached hydrogens (tertiary/aromatic N) is 2. The van der Waals surface area contributed by atoms with Gasteiger partial charge in [-0.3, -0.25) is 4.79 Å². The SMILES string of the molecule is CC(=O)c1sc(N2CC(C)CC(C)C2)c(C#N)c1N. The van der Waals surface area contributed by atoms with Gasteiger partial charge in [-0.25, -0.2) is 0 Å². The molecule has 0 spiro atoms. The summed E-state index contributed by atoms with van der Waals surface area (Å²) in [5, 5.41) is 10.2. The fourth-order valence-electron chi connectivity index (χ4n) is 2.85. The maximum Gasteiger partial charge on any atom is 0.171 e. The number of thiophene rings is 1. The van der Waals surface area contributed by atoms with Crippen LogP contribution in [-0.4, -0.2) is 18.9 Å². The Hall–Kier alpha value is -1.54. The predicted octanol–water partition coefficient (Wildman–Crippen LogP) is 2.89. The van der Waals surface area contributed by atoms with Gasteiger partial charge in [-0.15, -0.1) is 11.3 Å². The van der Waals surface area contributed by atoms with E-state index >= 15 is 0 Å². The minimum atomic E-state index is -0.0663. The first kappa shape index (κ1) is 13.9.